The molecule has 0 saturated carbocycles. The molecule has 3 N–H and O–H groups in total. The van der Waals surface area contributed by atoms with E-state index in [4.69, 9.17) is 15.2 Å². The van der Waals surface area contributed by atoms with Crippen molar-refractivity contribution in [1.29, 1.82) is 0 Å². The largest absolute Gasteiger partial charge is 0.448 e. The van der Waals surface area contributed by atoms with Crippen LogP contribution in [0.3, 0.4) is 0 Å². The summed E-state index contributed by atoms with van der Waals surface area (Å²) in [5.74, 6) is 0.600. The molecule has 2 aliphatic heterocycles. The number of aryl methyl sites for hydroxylation is 2. The number of rotatable bonds is 7. The lowest BCUT2D eigenvalue weighted by molar-refractivity contribution is -0.0703. The van der Waals surface area contributed by atoms with Gasteiger partial charge in [-0.25, -0.2) is 0 Å². The average molecular weight is 468 g/mol. The minimum absolute atomic E-state index is 0.0600. The first kappa shape index (κ1) is 24.3. The molecule has 2 aromatic rings. The number of pyridine rings is 1. The van der Waals surface area contributed by atoms with Crippen LogP contribution in [0, 0.1) is 27.7 Å². The number of nitrogens with two attached hydrogens (primary N) is 1. The summed E-state index contributed by atoms with van der Waals surface area (Å²) in [4.78, 5) is 30.8. The Morgan fingerprint density at radius 2 is 1.82 bits per heavy atom. The molecule has 2 atom stereocenters. The molecule has 0 saturated heterocycles. The zero-order valence-electron chi connectivity index (χ0n) is 21.3. The second-order valence-electron chi connectivity index (χ2n) is 10.1. The topological polar surface area (TPSA) is 97.7 Å². The van der Waals surface area contributed by atoms with Gasteiger partial charge in [0, 0.05) is 48.3 Å². The first-order chi connectivity index (χ1) is 16.0. The van der Waals surface area contributed by atoms with Gasteiger partial charge in [0.2, 0.25) is 5.79 Å². The highest BCUT2D eigenvalue weighted by molar-refractivity contribution is 6.00. The van der Waals surface area contributed by atoms with Crippen LogP contribution in [0.2, 0.25) is 0 Å². The van der Waals surface area contributed by atoms with Crippen LogP contribution in [0.25, 0.3) is 0 Å². The zero-order valence-corrected chi connectivity index (χ0v) is 21.3. The van der Waals surface area contributed by atoms with Crippen LogP contribution in [-0.2, 0) is 13.0 Å². The molecule has 0 fully saturated rings. The van der Waals surface area contributed by atoms with E-state index in [1.165, 1.54) is 0 Å². The molecular weight excluding hydrogens is 430 g/mol. The number of nitrogens with zero attached hydrogens (tertiary/aromatic N) is 1. The van der Waals surface area contributed by atoms with Crippen molar-refractivity contribution < 1.29 is 14.3 Å². The lowest BCUT2D eigenvalue weighted by atomic mass is 9.89. The fraction of sp³-hybridized carbons (Fsp3) is 0.556. The standard InChI is InChI=1S/C27H37N3O4/c1-7-19(28)9-8-11-27(6)33-23-17(4)20-10-12-30(26(32)22(20)18(5)24(23)34-27)14-21-15(2)13-16(3)29-25(21)31/h13,19H,7-12,14,28H2,1-6H3,(H,29,31). The highest BCUT2D eigenvalue weighted by Gasteiger charge is 2.42. The number of fused-ring (bicyclic) bond motifs is 2. The average Bonchev–Trinajstić information content (AvgIpc) is 3.13. The Hall–Kier alpha value is -2.80. The third-order valence-corrected chi connectivity index (χ3v) is 7.36. The van der Waals surface area contributed by atoms with Crippen molar-refractivity contribution in [3.8, 4) is 11.5 Å². The van der Waals surface area contributed by atoms with Gasteiger partial charge in [-0.3, -0.25) is 9.59 Å². The molecule has 34 heavy (non-hydrogen) atoms. The molecule has 1 aromatic heterocycles. The van der Waals surface area contributed by atoms with Crippen molar-refractivity contribution in [3.63, 3.8) is 0 Å². The first-order valence-corrected chi connectivity index (χ1v) is 12.3. The molecule has 0 aliphatic carbocycles. The van der Waals surface area contributed by atoms with Crippen LogP contribution in [-0.4, -0.2) is 34.2 Å². The highest BCUT2D eigenvalue weighted by Crippen LogP contribution is 2.49. The van der Waals surface area contributed by atoms with Crippen molar-refractivity contribution in [1.82, 2.24) is 9.88 Å². The van der Waals surface area contributed by atoms with Crippen LogP contribution in [0.1, 0.15) is 83.4 Å². The predicted octanol–water partition coefficient (Wildman–Crippen LogP) is 4.20. The van der Waals surface area contributed by atoms with E-state index >= 15 is 0 Å². The third-order valence-electron chi connectivity index (χ3n) is 7.36. The molecular formula is C27H37N3O4. The minimum Gasteiger partial charge on any atom is -0.448 e. The number of aromatic nitrogens is 1. The fourth-order valence-corrected chi connectivity index (χ4v) is 5.22. The van der Waals surface area contributed by atoms with Gasteiger partial charge >= 0.3 is 0 Å². The lowest BCUT2D eigenvalue weighted by Gasteiger charge is -2.31. The van der Waals surface area contributed by atoms with Gasteiger partial charge in [-0.05, 0) is 76.1 Å². The summed E-state index contributed by atoms with van der Waals surface area (Å²) in [6.07, 6.45) is 4.24. The number of carbonyl (C=O) groups is 1. The number of hydrogen-bond donors (Lipinski definition) is 2. The Bertz CT molecular complexity index is 1190. The smallest absolute Gasteiger partial charge is 0.254 e. The van der Waals surface area contributed by atoms with Crippen molar-refractivity contribution in [2.24, 2.45) is 5.73 Å². The van der Waals surface area contributed by atoms with Crippen LogP contribution in [0.4, 0.5) is 0 Å². The van der Waals surface area contributed by atoms with E-state index in [0.29, 0.717) is 30.0 Å². The predicted molar refractivity (Wildman–Crippen MR) is 133 cm³/mol. The maximum absolute atomic E-state index is 13.6. The Balaban J connectivity index is 1.60. The molecule has 0 bridgehead atoms. The van der Waals surface area contributed by atoms with E-state index in [9.17, 15) is 9.59 Å². The van der Waals surface area contributed by atoms with Gasteiger partial charge in [-0.15, -0.1) is 0 Å². The number of nitrogens with one attached hydrogen (secondary N) is 1. The van der Waals surface area contributed by atoms with Gasteiger partial charge in [0.1, 0.15) is 0 Å². The van der Waals surface area contributed by atoms with Crippen molar-refractivity contribution in [3.05, 3.63) is 55.5 Å². The Labute approximate surface area is 201 Å². The van der Waals surface area contributed by atoms with E-state index < -0.39 is 5.79 Å². The highest BCUT2D eigenvalue weighted by atomic mass is 16.7. The summed E-state index contributed by atoms with van der Waals surface area (Å²) in [6, 6.07) is 2.14. The summed E-state index contributed by atoms with van der Waals surface area (Å²) < 4.78 is 12.7. The summed E-state index contributed by atoms with van der Waals surface area (Å²) >= 11 is 0. The van der Waals surface area contributed by atoms with E-state index in [1.807, 2.05) is 40.7 Å². The molecule has 2 aliphatic rings. The SMILES string of the molecule is CCC(N)CCCC1(C)Oc2c(C)c3c(c(C)c2O1)C(=O)N(Cc1c(C)cc(C)[nH]c1=O)CC3. The normalized spacial score (nSPS) is 20.0. The second-order valence-corrected chi connectivity index (χ2v) is 10.1. The van der Waals surface area contributed by atoms with Gasteiger partial charge in [-0.2, -0.15) is 0 Å². The molecule has 1 amide bonds. The minimum atomic E-state index is -0.760. The van der Waals surface area contributed by atoms with Crippen LogP contribution < -0.4 is 20.8 Å². The van der Waals surface area contributed by atoms with Crippen LogP contribution in [0.15, 0.2) is 10.9 Å². The van der Waals surface area contributed by atoms with E-state index in [1.54, 1.807) is 4.90 Å². The van der Waals surface area contributed by atoms with E-state index in [2.05, 4.69) is 11.9 Å². The maximum atomic E-state index is 13.6. The van der Waals surface area contributed by atoms with Gasteiger partial charge < -0.3 is 25.1 Å². The second kappa shape index (κ2) is 9.10. The number of benzene rings is 1. The number of ether oxygens (including phenoxy) is 2. The van der Waals surface area contributed by atoms with E-state index in [0.717, 1.165) is 65.8 Å². The van der Waals surface area contributed by atoms with Gasteiger partial charge in [0.05, 0.1) is 6.54 Å². The monoisotopic (exact) mass is 467 g/mol. The Morgan fingerprint density at radius 1 is 1.15 bits per heavy atom. The summed E-state index contributed by atoms with van der Waals surface area (Å²) in [5.41, 5.74) is 11.8. The molecule has 184 valence electrons. The number of carbonyl (C=O) groups excluding carboxylic acids is 1. The van der Waals surface area contributed by atoms with Gasteiger partial charge in [0.15, 0.2) is 11.5 Å². The number of hydrogen-bond acceptors (Lipinski definition) is 5. The number of aromatic amines is 1. The van der Waals surface area contributed by atoms with Gasteiger partial charge in [0.25, 0.3) is 11.5 Å². The fourth-order valence-electron chi connectivity index (χ4n) is 5.22. The van der Waals surface area contributed by atoms with Gasteiger partial charge in [-0.1, -0.05) is 6.92 Å². The van der Waals surface area contributed by atoms with Crippen LogP contribution >= 0.6 is 0 Å². The van der Waals surface area contributed by atoms with E-state index in [-0.39, 0.29) is 17.5 Å². The summed E-state index contributed by atoms with van der Waals surface area (Å²) in [7, 11) is 0. The van der Waals surface area contributed by atoms with Crippen molar-refractivity contribution in [2.45, 2.75) is 92.0 Å². The first-order valence-electron chi connectivity index (χ1n) is 12.3. The molecule has 3 heterocycles. The number of H-pyrrole nitrogens is 1. The molecule has 4 rings (SSSR count). The maximum Gasteiger partial charge on any atom is 0.254 e. The molecule has 0 spiro atoms. The van der Waals surface area contributed by atoms with Crippen molar-refractivity contribution in [2.75, 3.05) is 6.54 Å². The number of amides is 1. The third kappa shape index (κ3) is 4.33. The summed E-state index contributed by atoms with van der Waals surface area (Å²) in [6.45, 7) is 12.6. The van der Waals surface area contributed by atoms with Crippen molar-refractivity contribution >= 4 is 5.91 Å². The molecule has 0 radical (unpaired) electrons. The molecule has 1 aromatic carbocycles. The van der Waals surface area contributed by atoms with Crippen LogP contribution in [0.5, 0.6) is 11.5 Å². The lowest BCUT2D eigenvalue weighted by Crippen LogP contribution is -2.39. The molecule has 7 nitrogen and oxygen atoms in total. The summed E-state index contributed by atoms with van der Waals surface area (Å²) in [5, 5.41) is 0. The molecule has 7 heteroatoms. The quantitative estimate of drug-likeness (QED) is 0.636. The molecule has 2 unspecified atom stereocenters. The Kier molecular flexibility index (Phi) is 6.51. The Morgan fingerprint density at radius 3 is 2.47 bits per heavy atom. The zero-order chi connectivity index (χ0) is 24.8.